The first kappa shape index (κ1) is 17.9. The van der Waals surface area contributed by atoms with Gasteiger partial charge < -0.3 is 10.5 Å². The van der Waals surface area contributed by atoms with E-state index >= 15 is 0 Å². The van der Waals surface area contributed by atoms with Crippen LogP contribution in [0.1, 0.15) is 49.3 Å². The van der Waals surface area contributed by atoms with Crippen molar-refractivity contribution >= 4 is 5.91 Å². The zero-order valence-electron chi connectivity index (χ0n) is 15.1. The number of carbonyl (C=O) groups excluding carboxylic acids is 1. The molecule has 2 aliphatic rings. The predicted octanol–water partition coefficient (Wildman–Crippen LogP) is 3.91. The smallest absolute Gasteiger partial charge is 0.224 e. The molecule has 4 nitrogen and oxygen atoms in total. The fourth-order valence-corrected chi connectivity index (χ4v) is 3.91. The van der Waals surface area contributed by atoms with E-state index in [1.165, 1.54) is 12.8 Å². The first-order valence-electron chi connectivity index (χ1n) is 9.25. The molecule has 2 N–H and O–H groups in total. The minimum Gasteiger partial charge on any atom is -0.492 e. The van der Waals surface area contributed by atoms with Crippen molar-refractivity contribution < 1.29 is 18.3 Å². The van der Waals surface area contributed by atoms with Gasteiger partial charge in [0.05, 0.1) is 18.2 Å². The van der Waals surface area contributed by atoms with Gasteiger partial charge in [0.2, 0.25) is 5.91 Å². The molecule has 1 heterocycles. The molecule has 4 rings (SSSR count). The Bertz CT molecular complexity index is 867. The number of nitrogens with zero attached hydrogens (tertiary/aromatic N) is 1. The van der Waals surface area contributed by atoms with Crippen LogP contribution in [0.5, 0.6) is 5.75 Å². The molecule has 1 aromatic heterocycles. The standard InChI is InChI=1S/C21H22F2N2O2/c1-12(19-7-5-15(10-25-19)27-11-13-2-3-13)21(20(24)26)9-17(21)16-8-14(22)4-6-18(16)23/h4-8,10,12-13,17H,2-3,9,11H2,1H3,(H2,24,26)/t12-,17?,21?/m0/s1. The maximum absolute atomic E-state index is 14.2. The normalized spacial score (nSPS) is 25.1. The van der Waals surface area contributed by atoms with Crippen LogP contribution in [0.4, 0.5) is 8.78 Å². The maximum atomic E-state index is 14.2. The lowest BCUT2D eigenvalue weighted by Gasteiger charge is -2.22. The maximum Gasteiger partial charge on any atom is 0.224 e. The SMILES string of the molecule is C[C@@H](c1ccc(OCC2CC2)cn1)C1(C(N)=O)CC1c1cc(F)ccc1F. The van der Waals surface area contributed by atoms with Gasteiger partial charge in [-0.1, -0.05) is 6.92 Å². The Morgan fingerprint density at radius 3 is 2.74 bits per heavy atom. The molecule has 27 heavy (non-hydrogen) atoms. The number of hydrogen-bond donors (Lipinski definition) is 1. The third-order valence-electron chi connectivity index (χ3n) is 5.95. The van der Waals surface area contributed by atoms with Gasteiger partial charge >= 0.3 is 0 Å². The Kier molecular flexibility index (Phi) is 4.36. The summed E-state index contributed by atoms with van der Waals surface area (Å²) < 4.78 is 33.5. The molecule has 0 spiro atoms. The van der Waals surface area contributed by atoms with Crippen molar-refractivity contribution in [3.63, 3.8) is 0 Å². The van der Waals surface area contributed by atoms with Crippen molar-refractivity contribution in [2.45, 2.75) is 38.0 Å². The van der Waals surface area contributed by atoms with E-state index in [2.05, 4.69) is 4.98 Å². The lowest BCUT2D eigenvalue weighted by molar-refractivity contribution is -0.124. The number of pyridine rings is 1. The van der Waals surface area contributed by atoms with Crippen molar-refractivity contribution in [2.24, 2.45) is 17.1 Å². The number of benzene rings is 1. The molecule has 2 fully saturated rings. The van der Waals surface area contributed by atoms with Crippen LogP contribution in [0.15, 0.2) is 36.5 Å². The Balaban J connectivity index is 1.55. The van der Waals surface area contributed by atoms with Crippen LogP contribution in [-0.2, 0) is 4.79 Å². The Morgan fingerprint density at radius 1 is 1.33 bits per heavy atom. The zero-order chi connectivity index (χ0) is 19.2. The van der Waals surface area contributed by atoms with Gasteiger partial charge in [-0.05, 0) is 61.1 Å². The molecule has 0 bridgehead atoms. The summed E-state index contributed by atoms with van der Waals surface area (Å²) in [6.07, 6.45) is 4.44. The third kappa shape index (κ3) is 3.29. The fourth-order valence-electron chi connectivity index (χ4n) is 3.91. The largest absolute Gasteiger partial charge is 0.492 e. The molecule has 1 aromatic carbocycles. The quantitative estimate of drug-likeness (QED) is 0.801. The molecule has 2 aromatic rings. The average Bonchev–Trinajstić information content (AvgIpc) is 3.56. The highest BCUT2D eigenvalue weighted by molar-refractivity contribution is 5.87. The van der Waals surface area contributed by atoms with E-state index in [0.717, 1.165) is 18.2 Å². The summed E-state index contributed by atoms with van der Waals surface area (Å²) in [5.41, 5.74) is 5.62. The molecule has 2 saturated carbocycles. The third-order valence-corrected chi connectivity index (χ3v) is 5.95. The van der Waals surface area contributed by atoms with Crippen LogP contribution in [0.3, 0.4) is 0 Å². The second-order valence-electron chi connectivity index (χ2n) is 7.72. The number of aromatic nitrogens is 1. The van der Waals surface area contributed by atoms with Crippen molar-refractivity contribution in [3.8, 4) is 5.75 Å². The van der Waals surface area contributed by atoms with E-state index in [1.54, 1.807) is 6.20 Å². The van der Waals surface area contributed by atoms with Crippen LogP contribution in [0.2, 0.25) is 0 Å². The summed E-state index contributed by atoms with van der Waals surface area (Å²) >= 11 is 0. The lowest BCUT2D eigenvalue weighted by atomic mass is 9.83. The van der Waals surface area contributed by atoms with Crippen molar-refractivity contribution in [1.82, 2.24) is 4.98 Å². The van der Waals surface area contributed by atoms with Gasteiger partial charge in [-0.25, -0.2) is 8.78 Å². The molecule has 3 atom stereocenters. The molecule has 142 valence electrons. The lowest BCUT2D eigenvalue weighted by Crippen LogP contribution is -2.31. The molecule has 0 radical (unpaired) electrons. The Labute approximate surface area is 156 Å². The van der Waals surface area contributed by atoms with E-state index in [1.807, 2.05) is 19.1 Å². The number of ether oxygens (including phenoxy) is 1. The summed E-state index contributed by atoms with van der Waals surface area (Å²) in [6, 6.07) is 6.95. The Morgan fingerprint density at radius 2 is 2.11 bits per heavy atom. The molecular weight excluding hydrogens is 350 g/mol. The number of halogens is 2. The first-order valence-corrected chi connectivity index (χ1v) is 9.25. The van der Waals surface area contributed by atoms with Gasteiger partial charge in [0, 0.05) is 17.5 Å². The number of amides is 1. The zero-order valence-corrected chi connectivity index (χ0v) is 15.1. The highest BCUT2D eigenvalue weighted by Gasteiger charge is 2.63. The van der Waals surface area contributed by atoms with Gasteiger partial charge in [-0.2, -0.15) is 0 Å². The van der Waals surface area contributed by atoms with Crippen LogP contribution in [0, 0.1) is 23.0 Å². The van der Waals surface area contributed by atoms with Crippen LogP contribution in [0.25, 0.3) is 0 Å². The molecule has 6 heteroatoms. The van der Waals surface area contributed by atoms with Crippen molar-refractivity contribution in [2.75, 3.05) is 6.61 Å². The average molecular weight is 372 g/mol. The minimum absolute atomic E-state index is 0.199. The topological polar surface area (TPSA) is 65.2 Å². The fraction of sp³-hybridized carbons (Fsp3) is 0.429. The number of hydrogen-bond acceptors (Lipinski definition) is 3. The van der Waals surface area contributed by atoms with Gasteiger partial charge in [-0.15, -0.1) is 0 Å². The molecule has 0 saturated heterocycles. The number of carbonyl (C=O) groups is 1. The summed E-state index contributed by atoms with van der Waals surface area (Å²) in [5, 5.41) is 0. The highest BCUT2D eigenvalue weighted by Crippen LogP contribution is 2.66. The van der Waals surface area contributed by atoms with Gasteiger partial charge in [0.15, 0.2) is 0 Å². The van der Waals surface area contributed by atoms with E-state index in [-0.39, 0.29) is 11.5 Å². The highest BCUT2D eigenvalue weighted by atomic mass is 19.1. The molecule has 2 unspecified atom stereocenters. The summed E-state index contributed by atoms with van der Waals surface area (Å²) in [6.45, 7) is 2.55. The van der Waals surface area contributed by atoms with E-state index in [4.69, 9.17) is 10.5 Å². The molecular formula is C21H22F2N2O2. The number of primary amides is 1. The van der Waals surface area contributed by atoms with E-state index in [0.29, 0.717) is 30.4 Å². The van der Waals surface area contributed by atoms with Crippen LogP contribution >= 0.6 is 0 Å². The summed E-state index contributed by atoms with van der Waals surface area (Å²) in [5.74, 6) is -0.995. The Hall–Kier alpha value is -2.50. The molecule has 2 aliphatic carbocycles. The van der Waals surface area contributed by atoms with Gasteiger partial charge in [0.25, 0.3) is 0 Å². The second kappa shape index (κ2) is 6.59. The van der Waals surface area contributed by atoms with E-state index in [9.17, 15) is 13.6 Å². The van der Waals surface area contributed by atoms with E-state index < -0.39 is 28.9 Å². The number of rotatable bonds is 7. The minimum atomic E-state index is -0.960. The monoisotopic (exact) mass is 372 g/mol. The van der Waals surface area contributed by atoms with Gasteiger partial charge in [0.1, 0.15) is 17.4 Å². The van der Waals surface area contributed by atoms with Crippen molar-refractivity contribution in [3.05, 3.63) is 59.4 Å². The molecule has 1 amide bonds. The van der Waals surface area contributed by atoms with Gasteiger partial charge in [-0.3, -0.25) is 9.78 Å². The van der Waals surface area contributed by atoms with Crippen LogP contribution < -0.4 is 10.5 Å². The second-order valence-corrected chi connectivity index (χ2v) is 7.72. The number of nitrogens with two attached hydrogens (primary N) is 1. The van der Waals surface area contributed by atoms with Crippen molar-refractivity contribution in [1.29, 1.82) is 0 Å². The molecule has 0 aliphatic heterocycles. The summed E-state index contributed by atoms with van der Waals surface area (Å²) in [7, 11) is 0. The van der Waals surface area contributed by atoms with Crippen LogP contribution in [-0.4, -0.2) is 17.5 Å². The first-order chi connectivity index (χ1) is 12.9. The summed E-state index contributed by atoms with van der Waals surface area (Å²) in [4.78, 5) is 16.7. The predicted molar refractivity (Wildman–Crippen MR) is 96.2 cm³/mol.